The third kappa shape index (κ3) is 7.40. The zero-order chi connectivity index (χ0) is 27.8. The van der Waals surface area contributed by atoms with Crippen molar-refractivity contribution in [2.24, 2.45) is 0 Å². The molecule has 196 valence electrons. The van der Waals surface area contributed by atoms with Crippen LogP contribution in [-0.2, 0) is 19.1 Å². The Morgan fingerprint density at radius 2 is 1.21 bits per heavy atom. The van der Waals surface area contributed by atoms with Gasteiger partial charge in [0, 0.05) is 10.6 Å². The molecule has 0 aliphatic heterocycles. The number of aliphatic carboxylic acids is 1. The molecule has 2 atom stereocenters. The maximum atomic E-state index is 13.0. The number of aryl methyl sites for hydroxylation is 2. The number of carbonyl (C=O) groups excluding carboxylic acids is 4. The highest BCUT2D eigenvalue weighted by atomic mass is 35.5. The topological polar surface area (TPSA) is 148 Å². The smallest absolute Gasteiger partial charge is 0.349 e. The van der Waals surface area contributed by atoms with Crippen molar-refractivity contribution in [3.63, 3.8) is 0 Å². The van der Waals surface area contributed by atoms with Crippen LogP contribution in [0.2, 0.25) is 5.02 Å². The number of ether oxygens (including phenoxy) is 2. The average molecular weight is 539 g/mol. The minimum atomic E-state index is -2.25. The molecule has 38 heavy (non-hydrogen) atoms. The second-order valence-corrected chi connectivity index (χ2v) is 8.62. The standard InChI is InChI=1S/C27H23ClN2O8/c1-15-5-3-7-18(13-15)26(35)37-21(24(32)30-29-23(31)17-9-11-20(28)12-10-17)22(25(33)34)38-27(36)19-8-4-6-16(2)14-19/h3-14,21-22H,1-2H3,(H,29,31)(H,30,32)(H,33,34)/t21-,22-/m0/s1. The maximum Gasteiger partial charge on any atom is 0.349 e. The highest BCUT2D eigenvalue weighted by Crippen LogP contribution is 2.15. The third-order valence-corrected chi connectivity index (χ3v) is 5.41. The molecule has 0 saturated carbocycles. The van der Waals surface area contributed by atoms with E-state index in [-0.39, 0.29) is 16.7 Å². The first-order valence-corrected chi connectivity index (χ1v) is 11.6. The van der Waals surface area contributed by atoms with Gasteiger partial charge in [0.2, 0.25) is 12.2 Å². The van der Waals surface area contributed by atoms with Gasteiger partial charge in [-0.1, -0.05) is 47.0 Å². The van der Waals surface area contributed by atoms with Crippen molar-refractivity contribution < 1.29 is 38.6 Å². The summed E-state index contributed by atoms with van der Waals surface area (Å²) in [5, 5.41) is 10.2. The van der Waals surface area contributed by atoms with Crippen LogP contribution >= 0.6 is 11.6 Å². The van der Waals surface area contributed by atoms with E-state index in [0.717, 1.165) is 0 Å². The number of carboxylic acids is 1. The number of hydrogen-bond acceptors (Lipinski definition) is 7. The lowest BCUT2D eigenvalue weighted by molar-refractivity contribution is -0.159. The van der Waals surface area contributed by atoms with Crippen molar-refractivity contribution in [1.82, 2.24) is 10.9 Å². The third-order valence-electron chi connectivity index (χ3n) is 5.16. The SMILES string of the molecule is Cc1cccc(C(=O)O[C@H](C(=O)O)[C@H](OC(=O)c2cccc(C)c2)C(=O)NNC(=O)c2ccc(Cl)cc2)c1. The molecular weight excluding hydrogens is 516 g/mol. The van der Waals surface area contributed by atoms with Crippen LogP contribution in [0, 0.1) is 13.8 Å². The van der Waals surface area contributed by atoms with Gasteiger partial charge < -0.3 is 14.6 Å². The normalized spacial score (nSPS) is 12.0. The molecule has 2 amide bonds. The van der Waals surface area contributed by atoms with Gasteiger partial charge in [0.1, 0.15) is 0 Å². The van der Waals surface area contributed by atoms with Crippen molar-refractivity contribution in [2.75, 3.05) is 0 Å². The van der Waals surface area contributed by atoms with E-state index in [0.29, 0.717) is 16.1 Å². The molecule has 0 aliphatic rings. The highest BCUT2D eigenvalue weighted by Gasteiger charge is 2.41. The van der Waals surface area contributed by atoms with E-state index in [1.165, 1.54) is 48.5 Å². The van der Waals surface area contributed by atoms with Gasteiger partial charge in [0.15, 0.2) is 0 Å². The summed E-state index contributed by atoms with van der Waals surface area (Å²) in [6.45, 7) is 3.44. The van der Waals surface area contributed by atoms with Gasteiger partial charge >= 0.3 is 17.9 Å². The lowest BCUT2D eigenvalue weighted by atomic mass is 10.1. The summed E-state index contributed by atoms with van der Waals surface area (Å²) in [6.07, 6.45) is -4.41. The summed E-state index contributed by atoms with van der Waals surface area (Å²) in [5.74, 6) is -5.88. The quantitative estimate of drug-likeness (QED) is 0.292. The molecule has 0 spiro atoms. The molecule has 3 aromatic rings. The lowest BCUT2D eigenvalue weighted by Crippen LogP contribution is -2.54. The molecule has 0 heterocycles. The molecule has 0 aliphatic carbocycles. The number of carboxylic acid groups (broad SMARTS) is 1. The highest BCUT2D eigenvalue weighted by molar-refractivity contribution is 6.30. The summed E-state index contributed by atoms with van der Waals surface area (Å²) in [5.41, 5.74) is 5.71. The van der Waals surface area contributed by atoms with Crippen LogP contribution in [0.3, 0.4) is 0 Å². The number of rotatable bonds is 8. The first-order valence-electron chi connectivity index (χ1n) is 11.2. The number of amides is 2. The number of nitrogens with one attached hydrogen (secondary N) is 2. The molecule has 3 rings (SSSR count). The van der Waals surface area contributed by atoms with Crippen molar-refractivity contribution in [2.45, 2.75) is 26.1 Å². The Labute approximate surface area is 222 Å². The van der Waals surface area contributed by atoms with Crippen LogP contribution in [0.15, 0.2) is 72.8 Å². The summed E-state index contributed by atoms with van der Waals surface area (Å²) < 4.78 is 10.3. The van der Waals surface area contributed by atoms with E-state index in [1.54, 1.807) is 38.1 Å². The number of hydrazine groups is 1. The number of benzene rings is 3. The van der Waals surface area contributed by atoms with Gasteiger partial charge in [0.25, 0.3) is 11.8 Å². The zero-order valence-electron chi connectivity index (χ0n) is 20.3. The van der Waals surface area contributed by atoms with Crippen molar-refractivity contribution in [3.05, 3.63) is 106 Å². The molecule has 0 saturated heterocycles. The average Bonchev–Trinajstić information content (AvgIpc) is 2.89. The first-order chi connectivity index (χ1) is 18.0. The second-order valence-electron chi connectivity index (χ2n) is 8.18. The van der Waals surface area contributed by atoms with Crippen molar-refractivity contribution >= 4 is 41.3 Å². The molecular formula is C27H23ClN2O8. The van der Waals surface area contributed by atoms with E-state index >= 15 is 0 Å². The van der Waals surface area contributed by atoms with Crippen LogP contribution in [0.4, 0.5) is 0 Å². The number of esters is 2. The molecule has 0 aromatic heterocycles. The van der Waals surface area contributed by atoms with Gasteiger partial charge in [-0.15, -0.1) is 0 Å². The monoisotopic (exact) mass is 538 g/mol. The Bertz CT molecular complexity index is 1370. The lowest BCUT2D eigenvalue weighted by Gasteiger charge is -2.23. The Hall–Kier alpha value is -4.70. The van der Waals surface area contributed by atoms with E-state index in [9.17, 15) is 29.1 Å². The Morgan fingerprint density at radius 1 is 0.711 bits per heavy atom. The molecule has 10 nitrogen and oxygen atoms in total. The number of carbonyl (C=O) groups is 5. The Balaban J connectivity index is 1.85. The number of halogens is 1. The largest absolute Gasteiger partial charge is 0.478 e. The van der Waals surface area contributed by atoms with Gasteiger partial charge in [-0.05, 0) is 62.4 Å². The Morgan fingerprint density at radius 3 is 1.68 bits per heavy atom. The molecule has 3 N–H and O–H groups in total. The van der Waals surface area contributed by atoms with Crippen LogP contribution in [0.25, 0.3) is 0 Å². The van der Waals surface area contributed by atoms with Gasteiger partial charge in [-0.2, -0.15) is 0 Å². The fourth-order valence-electron chi connectivity index (χ4n) is 3.27. The predicted molar refractivity (Wildman–Crippen MR) is 135 cm³/mol. The predicted octanol–water partition coefficient (Wildman–Crippen LogP) is 3.25. The molecule has 3 aromatic carbocycles. The summed E-state index contributed by atoms with van der Waals surface area (Å²) in [6, 6.07) is 18.0. The molecule has 0 unspecified atom stereocenters. The maximum absolute atomic E-state index is 13.0. The molecule has 0 fully saturated rings. The van der Waals surface area contributed by atoms with Crippen molar-refractivity contribution in [1.29, 1.82) is 0 Å². The van der Waals surface area contributed by atoms with Crippen LogP contribution in [0.5, 0.6) is 0 Å². The van der Waals surface area contributed by atoms with E-state index in [2.05, 4.69) is 5.43 Å². The van der Waals surface area contributed by atoms with Crippen LogP contribution < -0.4 is 10.9 Å². The fourth-order valence-corrected chi connectivity index (χ4v) is 3.39. The van der Waals surface area contributed by atoms with Crippen LogP contribution in [0.1, 0.15) is 42.2 Å². The van der Waals surface area contributed by atoms with E-state index in [1.807, 2.05) is 5.43 Å². The summed E-state index contributed by atoms with van der Waals surface area (Å²) >= 11 is 5.81. The summed E-state index contributed by atoms with van der Waals surface area (Å²) in [7, 11) is 0. The van der Waals surface area contributed by atoms with Crippen molar-refractivity contribution in [3.8, 4) is 0 Å². The molecule has 11 heteroatoms. The van der Waals surface area contributed by atoms with E-state index < -0.39 is 41.9 Å². The van der Waals surface area contributed by atoms with Crippen LogP contribution in [-0.4, -0.2) is 47.0 Å². The number of hydrogen-bond donors (Lipinski definition) is 3. The first kappa shape index (κ1) is 27.9. The molecule has 0 radical (unpaired) electrons. The fraction of sp³-hybridized carbons (Fsp3) is 0.148. The van der Waals surface area contributed by atoms with Gasteiger partial charge in [-0.3, -0.25) is 20.4 Å². The molecule has 0 bridgehead atoms. The summed E-state index contributed by atoms with van der Waals surface area (Å²) in [4.78, 5) is 63.0. The zero-order valence-corrected chi connectivity index (χ0v) is 21.0. The second kappa shape index (κ2) is 12.5. The van der Waals surface area contributed by atoms with E-state index in [4.69, 9.17) is 21.1 Å². The minimum absolute atomic E-state index is 0.0245. The minimum Gasteiger partial charge on any atom is -0.478 e. The van der Waals surface area contributed by atoms with Gasteiger partial charge in [0.05, 0.1) is 11.1 Å². The van der Waals surface area contributed by atoms with Gasteiger partial charge in [-0.25, -0.2) is 14.4 Å². The Kier molecular flexibility index (Phi) is 9.18.